The van der Waals surface area contributed by atoms with E-state index in [0.717, 1.165) is 23.0 Å². The molecule has 2 N–H and O–H groups in total. The third kappa shape index (κ3) is 6.53. The normalized spacial score (nSPS) is 12.4. The van der Waals surface area contributed by atoms with Crippen LogP contribution in [0.1, 0.15) is 31.0 Å². The molecule has 0 unspecified atom stereocenters. The average molecular weight is 649 g/mol. The van der Waals surface area contributed by atoms with Crippen molar-refractivity contribution in [2.45, 2.75) is 38.7 Å². The summed E-state index contributed by atoms with van der Waals surface area (Å²) in [6.45, 7) is 4.90. The zero-order chi connectivity index (χ0) is 32.9. The number of benzene rings is 3. The molecular weight excluding hydrogens is 626 g/mol. The van der Waals surface area contributed by atoms with Gasteiger partial charge in [-0.3, -0.25) is 4.79 Å². The molecule has 0 aliphatic rings. The molecule has 0 saturated heterocycles. The van der Waals surface area contributed by atoms with Gasteiger partial charge in [-0.05, 0) is 66.9 Å². The van der Waals surface area contributed by atoms with Gasteiger partial charge in [0, 0.05) is 18.1 Å². The first-order valence-corrected chi connectivity index (χ1v) is 13.5. The quantitative estimate of drug-likeness (QED) is 0.179. The minimum Gasteiger partial charge on any atom is -0.440 e. The van der Waals surface area contributed by atoms with Crippen LogP contribution in [0.25, 0.3) is 39.4 Å². The Labute approximate surface area is 257 Å². The van der Waals surface area contributed by atoms with Crippen molar-refractivity contribution in [2.24, 2.45) is 5.73 Å². The molecule has 0 atom stereocenters. The number of alkyl halides is 6. The van der Waals surface area contributed by atoms with Gasteiger partial charge in [0.15, 0.2) is 17.3 Å². The van der Waals surface area contributed by atoms with Gasteiger partial charge in [0.05, 0.1) is 22.3 Å². The Morgan fingerprint density at radius 1 is 0.933 bits per heavy atom. The van der Waals surface area contributed by atoms with E-state index in [-0.39, 0.29) is 28.6 Å². The van der Waals surface area contributed by atoms with E-state index in [9.17, 15) is 31.1 Å². The third-order valence-electron chi connectivity index (χ3n) is 7.06. The van der Waals surface area contributed by atoms with Crippen LogP contribution >= 0.6 is 11.6 Å². The fourth-order valence-corrected chi connectivity index (χ4v) is 4.85. The van der Waals surface area contributed by atoms with Crippen molar-refractivity contribution in [1.82, 2.24) is 14.8 Å². The SMILES string of the molecule is Cc1nc(-c2ccc(OC(F)(F)F)cc2)c(-c2cc(-c3cccc(C(C)(C)C(N)=O)c3)ccc2-n2cc(Cl)c(C(F)(F)F)n2)o1. The maximum Gasteiger partial charge on any atom is 0.573 e. The molecule has 0 saturated carbocycles. The number of aryl methyl sites for hydroxylation is 1. The largest absolute Gasteiger partial charge is 0.573 e. The summed E-state index contributed by atoms with van der Waals surface area (Å²) in [7, 11) is 0. The number of aromatic nitrogens is 3. The molecule has 0 bridgehead atoms. The van der Waals surface area contributed by atoms with Gasteiger partial charge in [-0.25, -0.2) is 9.67 Å². The number of carbonyl (C=O) groups excluding carboxylic acids is 1. The van der Waals surface area contributed by atoms with E-state index in [4.69, 9.17) is 21.8 Å². The number of amides is 1. The van der Waals surface area contributed by atoms with Gasteiger partial charge in [0.25, 0.3) is 0 Å². The number of hydrogen-bond donors (Lipinski definition) is 1. The molecular formula is C31H23ClF6N4O3. The molecule has 0 aliphatic carbocycles. The second-order valence-corrected chi connectivity index (χ2v) is 11.0. The number of ether oxygens (including phenoxy) is 1. The van der Waals surface area contributed by atoms with Crippen LogP contribution < -0.4 is 10.5 Å². The van der Waals surface area contributed by atoms with Crippen molar-refractivity contribution in [1.29, 1.82) is 0 Å². The van der Waals surface area contributed by atoms with E-state index in [1.54, 1.807) is 57.2 Å². The number of oxazole rings is 1. The van der Waals surface area contributed by atoms with Gasteiger partial charge in [0.1, 0.15) is 11.4 Å². The Bertz CT molecular complexity index is 1890. The highest BCUT2D eigenvalue weighted by molar-refractivity contribution is 6.31. The summed E-state index contributed by atoms with van der Waals surface area (Å²) in [6, 6.07) is 16.7. The Hall–Kier alpha value is -4.78. The number of carbonyl (C=O) groups is 1. The van der Waals surface area contributed by atoms with Crippen molar-refractivity contribution >= 4 is 17.5 Å². The molecule has 2 heterocycles. The van der Waals surface area contributed by atoms with E-state index in [1.807, 2.05) is 0 Å². The van der Waals surface area contributed by atoms with Crippen LogP contribution in [0, 0.1) is 6.92 Å². The summed E-state index contributed by atoms with van der Waals surface area (Å²) in [5.74, 6) is -0.727. The lowest BCUT2D eigenvalue weighted by atomic mass is 9.82. The zero-order valence-electron chi connectivity index (χ0n) is 23.7. The van der Waals surface area contributed by atoms with Gasteiger partial charge in [-0.15, -0.1) is 13.2 Å². The molecule has 7 nitrogen and oxygen atoms in total. The highest BCUT2D eigenvalue weighted by Crippen LogP contribution is 2.41. The molecule has 3 aromatic carbocycles. The second-order valence-electron chi connectivity index (χ2n) is 10.6. The van der Waals surface area contributed by atoms with Crippen molar-refractivity contribution in [3.63, 3.8) is 0 Å². The first-order valence-electron chi connectivity index (χ1n) is 13.2. The van der Waals surface area contributed by atoms with Gasteiger partial charge in [0.2, 0.25) is 5.91 Å². The molecule has 2 aromatic heterocycles. The number of nitrogens with zero attached hydrogens (tertiary/aromatic N) is 3. The minimum atomic E-state index is -4.89. The van der Waals surface area contributed by atoms with Crippen molar-refractivity contribution in [2.75, 3.05) is 0 Å². The van der Waals surface area contributed by atoms with E-state index >= 15 is 0 Å². The molecule has 234 valence electrons. The smallest absolute Gasteiger partial charge is 0.440 e. The first kappa shape index (κ1) is 31.6. The molecule has 5 aromatic rings. The summed E-state index contributed by atoms with van der Waals surface area (Å²) in [5.41, 5.74) is 6.09. The Morgan fingerprint density at radius 2 is 1.58 bits per heavy atom. The molecule has 45 heavy (non-hydrogen) atoms. The molecule has 0 fully saturated rings. The molecule has 0 aliphatic heterocycles. The van der Waals surface area contributed by atoms with Crippen LogP contribution in [0.4, 0.5) is 26.3 Å². The summed E-state index contributed by atoms with van der Waals surface area (Å²) < 4.78 is 89.8. The Kier molecular flexibility index (Phi) is 7.94. The number of nitrogens with two attached hydrogens (primary N) is 1. The number of halogens is 7. The van der Waals surface area contributed by atoms with Crippen LogP contribution in [-0.4, -0.2) is 27.0 Å². The van der Waals surface area contributed by atoms with Crippen LogP contribution in [0.2, 0.25) is 5.02 Å². The number of primary amides is 1. The molecule has 1 amide bonds. The highest BCUT2D eigenvalue weighted by atomic mass is 35.5. The molecule has 0 radical (unpaired) electrons. The Balaban J connectivity index is 1.70. The topological polar surface area (TPSA) is 96.2 Å². The molecule has 5 rings (SSSR count). The predicted octanol–water partition coefficient (Wildman–Crippen LogP) is 8.50. The van der Waals surface area contributed by atoms with Crippen molar-refractivity contribution in [3.05, 3.63) is 95.1 Å². The van der Waals surface area contributed by atoms with E-state index in [2.05, 4.69) is 14.8 Å². The lowest BCUT2D eigenvalue weighted by Gasteiger charge is -2.22. The third-order valence-corrected chi connectivity index (χ3v) is 7.33. The van der Waals surface area contributed by atoms with Gasteiger partial charge >= 0.3 is 12.5 Å². The van der Waals surface area contributed by atoms with Crippen LogP contribution in [0.3, 0.4) is 0 Å². The van der Waals surface area contributed by atoms with Gasteiger partial charge in [-0.1, -0.05) is 41.9 Å². The van der Waals surface area contributed by atoms with E-state index in [0.29, 0.717) is 22.3 Å². The lowest BCUT2D eigenvalue weighted by Crippen LogP contribution is -2.35. The minimum absolute atomic E-state index is 0.0997. The fraction of sp³-hybridized carbons (Fsp3) is 0.194. The lowest BCUT2D eigenvalue weighted by molar-refractivity contribution is -0.274. The van der Waals surface area contributed by atoms with Crippen LogP contribution in [-0.2, 0) is 16.4 Å². The summed E-state index contributed by atoms with van der Waals surface area (Å²) in [5, 5.41) is 3.05. The summed E-state index contributed by atoms with van der Waals surface area (Å²) in [4.78, 5) is 16.5. The van der Waals surface area contributed by atoms with Crippen molar-refractivity contribution in [3.8, 4) is 45.1 Å². The monoisotopic (exact) mass is 648 g/mol. The van der Waals surface area contributed by atoms with Gasteiger partial charge < -0.3 is 14.9 Å². The predicted molar refractivity (Wildman–Crippen MR) is 154 cm³/mol. The highest BCUT2D eigenvalue weighted by Gasteiger charge is 2.37. The summed E-state index contributed by atoms with van der Waals surface area (Å²) >= 11 is 5.91. The maximum absolute atomic E-state index is 13.6. The number of hydrogen-bond acceptors (Lipinski definition) is 5. The first-order chi connectivity index (χ1) is 20.9. The summed E-state index contributed by atoms with van der Waals surface area (Å²) in [6.07, 6.45) is -8.72. The Morgan fingerprint density at radius 3 is 2.18 bits per heavy atom. The average Bonchev–Trinajstić information content (AvgIpc) is 3.55. The van der Waals surface area contributed by atoms with Crippen LogP contribution in [0.15, 0.2) is 77.3 Å². The maximum atomic E-state index is 13.6. The zero-order valence-corrected chi connectivity index (χ0v) is 24.5. The van der Waals surface area contributed by atoms with Gasteiger partial charge in [-0.2, -0.15) is 18.3 Å². The molecule has 14 heteroatoms. The van der Waals surface area contributed by atoms with E-state index < -0.39 is 40.3 Å². The van der Waals surface area contributed by atoms with Crippen LogP contribution in [0.5, 0.6) is 5.75 Å². The fourth-order valence-electron chi connectivity index (χ4n) is 4.62. The molecule has 0 spiro atoms. The van der Waals surface area contributed by atoms with Crippen molar-refractivity contribution < 1.29 is 40.3 Å². The second kappa shape index (κ2) is 11.3. The number of rotatable bonds is 7. The standard InChI is InChI=1S/C31H23ClF6N4O3/c1-16-40-25(17-7-10-21(11-8-17)45-31(36,37)38)26(44-16)22-14-19(18-5-4-6-20(13-18)29(2,3)28(39)43)9-12-24(22)42-15-23(32)27(41-42)30(33,34)35/h4-15H,1-3H3,(H2,39,43). The van der Waals surface area contributed by atoms with E-state index in [1.165, 1.54) is 18.2 Å².